The standard InChI is InChI=1S/C44H26N4/c45-27-29-20-21-44-40(22-29)39-16-5-8-19-43(39)48(44)35-25-33(30-11-9-12-31(23-30)36-13-2-1-10-32(36)28-46)24-34(26-35)47-41-17-6-3-14-37(41)38-15-4-7-18-42(38)47/h1-26H. The van der Waals surface area contributed by atoms with Crippen LogP contribution in [-0.2, 0) is 0 Å². The van der Waals surface area contributed by atoms with Crippen molar-refractivity contribution in [3.8, 4) is 45.8 Å². The molecule has 0 N–H and O–H groups in total. The van der Waals surface area contributed by atoms with Crippen LogP contribution in [0, 0.1) is 22.7 Å². The van der Waals surface area contributed by atoms with Crippen molar-refractivity contribution in [2.75, 3.05) is 0 Å². The minimum absolute atomic E-state index is 0.639. The van der Waals surface area contributed by atoms with Crippen LogP contribution in [0.25, 0.3) is 77.2 Å². The smallest absolute Gasteiger partial charge is 0.0998 e. The molecule has 48 heavy (non-hydrogen) atoms. The molecule has 0 saturated heterocycles. The average Bonchev–Trinajstić information content (AvgIpc) is 3.67. The molecule has 4 heteroatoms. The molecule has 0 spiro atoms. The van der Waals surface area contributed by atoms with Crippen LogP contribution in [0.2, 0.25) is 0 Å². The van der Waals surface area contributed by atoms with E-state index in [1.54, 1.807) is 0 Å². The van der Waals surface area contributed by atoms with Crippen LogP contribution >= 0.6 is 0 Å². The third-order valence-electron chi connectivity index (χ3n) is 9.36. The van der Waals surface area contributed by atoms with Crippen LogP contribution in [0.5, 0.6) is 0 Å². The summed E-state index contributed by atoms with van der Waals surface area (Å²) in [5.41, 5.74) is 11.8. The van der Waals surface area contributed by atoms with E-state index in [2.05, 4.69) is 143 Å². The van der Waals surface area contributed by atoms with Gasteiger partial charge >= 0.3 is 0 Å². The van der Waals surface area contributed by atoms with E-state index in [1.807, 2.05) is 36.4 Å². The Hall–Kier alpha value is -6.88. The fourth-order valence-corrected chi connectivity index (χ4v) is 7.24. The Morgan fingerprint density at radius 2 is 0.917 bits per heavy atom. The van der Waals surface area contributed by atoms with Crippen molar-refractivity contribution in [3.63, 3.8) is 0 Å². The van der Waals surface area contributed by atoms with Gasteiger partial charge in [0.15, 0.2) is 0 Å². The van der Waals surface area contributed by atoms with Crippen LogP contribution in [0.3, 0.4) is 0 Å². The molecular weight excluding hydrogens is 585 g/mol. The summed E-state index contributed by atoms with van der Waals surface area (Å²) < 4.78 is 4.66. The molecule has 2 aromatic heterocycles. The van der Waals surface area contributed by atoms with Crippen molar-refractivity contribution >= 4 is 43.6 Å². The molecule has 7 aromatic carbocycles. The van der Waals surface area contributed by atoms with E-state index in [0.29, 0.717) is 11.1 Å². The normalized spacial score (nSPS) is 11.3. The highest BCUT2D eigenvalue weighted by Crippen LogP contribution is 2.38. The predicted molar refractivity (Wildman–Crippen MR) is 195 cm³/mol. The van der Waals surface area contributed by atoms with E-state index in [0.717, 1.165) is 66.5 Å². The van der Waals surface area contributed by atoms with Crippen LogP contribution < -0.4 is 0 Å². The molecule has 0 atom stereocenters. The number of aromatic nitrogens is 2. The number of hydrogen-bond donors (Lipinski definition) is 0. The first-order valence-electron chi connectivity index (χ1n) is 15.9. The monoisotopic (exact) mass is 610 g/mol. The van der Waals surface area contributed by atoms with Crippen LogP contribution in [-0.4, -0.2) is 9.13 Å². The summed E-state index contributed by atoms with van der Waals surface area (Å²) in [5, 5.41) is 24.1. The van der Waals surface area contributed by atoms with Gasteiger partial charge in [-0.1, -0.05) is 91.0 Å². The number of benzene rings is 7. The van der Waals surface area contributed by atoms with E-state index in [4.69, 9.17) is 0 Å². The summed E-state index contributed by atoms with van der Waals surface area (Å²) in [4.78, 5) is 0. The quantitative estimate of drug-likeness (QED) is 0.199. The molecule has 2 heterocycles. The summed E-state index contributed by atoms with van der Waals surface area (Å²) in [6, 6.07) is 59.1. The van der Waals surface area contributed by atoms with Gasteiger partial charge in [-0.2, -0.15) is 10.5 Å². The van der Waals surface area contributed by atoms with Gasteiger partial charge < -0.3 is 9.13 Å². The number of nitriles is 2. The average molecular weight is 611 g/mol. The lowest BCUT2D eigenvalue weighted by molar-refractivity contribution is 1.13. The SMILES string of the molecule is N#Cc1ccc2c(c1)c1ccccc1n2-c1cc(-c2cccc(-c3ccccc3C#N)c2)cc(-n2c3ccccc3c3ccccc32)c1. The maximum Gasteiger partial charge on any atom is 0.0998 e. The topological polar surface area (TPSA) is 57.4 Å². The molecule has 0 unspecified atom stereocenters. The van der Waals surface area contributed by atoms with Crippen LogP contribution in [0.1, 0.15) is 11.1 Å². The Morgan fingerprint density at radius 1 is 0.375 bits per heavy atom. The lowest BCUT2D eigenvalue weighted by Crippen LogP contribution is -2.00. The molecule has 0 aliphatic heterocycles. The van der Waals surface area contributed by atoms with E-state index in [1.165, 1.54) is 10.8 Å². The van der Waals surface area contributed by atoms with Gasteiger partial charge in [0, 0.05) is 32.9 Å². The van der Waals surface area contributed by atoms with Gasteiger partial charge in [-0.3, -0.25) is 0 Å². The molecular formula is C44H26N4. The highest BCUT2D eigenvalue weighted by Gasteiger charge is 2.18. The Bertz CT molecular complexity index is 2760. The van der Waals surface area contributed by atoms with Gasteiger partial charge in [0.1, 0.15) is 0 Å². The first-order chi connectivity index (χ1) is 23.7. The second kappa shape index (κ2) is 10.9. The first kappa shape index (κ1) is 27.4. The minimum atomic E-state index is 0.639. The summed E-state index contributed by atoms with van der Waals surface area (Å²) in [6.45, 7) is 0. The van der Waals surface area contributed by atoms with Crippen LogP contribution in [0.4, 0.5) is 0 Å². The van der Waals surface area contributed by atoms with Gasteiger partial charge in [0.25, 0.3) is 0 Å². The van der Waals surface area contributed by atoms with E-state index in [-0.39, 0.29) is 0 Å². The summed E-state index contributed by atoms with van der Waals surface area (Å²) in [5.74, 6) is 0. The molecule has 9 aromatic rings. The molecule has 4 nitrogen and oxygen atoms in total. The predicted octanol–water partition coefficient (Wildman–Crippen LogP) is 11.0. The number of hydrogen-bond acceptors (Lipinski definition) is 2. The summed E-state index contributed by atoms with van der Waals surface area (Å²) in [6.07, 6.45) is 0. The molecule has 0 aliphatic rings. The first-order valence-corrected chi connectivity index (χ1v) is 15.9. The van der Waals surface area contributed by atoms with Crippen molar-refractivity contribution in [3.05, 3.63) is 169 Å². The molecule has 0 bridgehead atoms. The Kier molecular flexibility index (Phi) is 6.22. The molecule has 0 saturated carbocycles. The molecule has 0 aliphatic carbocycles. The maximum absolute atomic E-state index is 9.86. The minimum Gasteiger partial charge on any atom is -0.309 e. The molecule has 0 amide bonds. The van der Waals surface area contributed by atoms with Gasteiger partial charge in [0.2, 0.25) is 0 Å². The number of nitrogens with zero attached hydrogens (tertiary/aromatic N) is 4. The lowest BCUT2D eigenvalue weighted by Gasteiger charge is -2.16. The van der Waals surface area contributed by atoms with Gasteiger partial charge in [-0.05, 0) is 89.0 Å². The molecule has 0 radical (unpaired) electrons. The van der Waals surface area contributed by atoms with Crippen molar-refractivity contribution in [1.29, 1.82) is 10.5 Å². The van der Waals surface area contributed by atoms with Crippen molar-refractivity contribution < 1.29 is 0 Å². The molecule has 0 fully saturated rings. The Morgan fingerprint density at radius 3 is 1.54 bits per heavy atom. The van der Waals surface area contributed by atoms with Gasteiger partial charge in [-0.25, -0.2) is 0 Å². The zero-order chi connectivity index (χ0) is 32.2. The van der Waals surface area contributed by atoms with Gasteiger partial charge in [0.05, 0.1) is 45.3 Å². The van der Waals surface area contributed by atoms with Crippen LogP contribution in [0.15, 0.2) is 158 Å². The Labute approximate surface area is 277 Å². The zero-order valence-corrected chi connectivity index (χ0v) is 25.8. The number of fused-ring (bicyclic) bond motifs is 6. The van der Waals surface area contributed by atoms with E-state index in [9.17, 15) is 10.5 Å². The third-order valence-corrected chi connectivity index (χ3v) is 9.36. The summed E-state index contributed by atoms with van der Waals surface area (Å²) in [7, 11) is 0. The van der Waals surface area contributed by atoms with Crippen molar-refractivity contribution in [2.24, 2.45) is 0 Å². The second-order valence-electron chi connectivity index (χ2n) is 12.0. The largest absolute Gasteiger partial charge is 0.309 e. The van der Waals surface area contributed by atoms with Crippen molar-refractivity contribution in [1.82, 2.24) is 9.13 Å². The Balaban J connectivity index is 1.37. The van der Waals surface area contributed by atoms with Gasteiger partial charge in [-0.15, -0.1) is 0 Å². The number of para-hydroxylation sites is 3. The lowest BCUT2D eigenvalue weighted by atomic mass is 9.96. The highest BCUT2D eigenvalue weighted by atomic mass is 15.0. The zero-order valence-electron chi connectivity index (χ0n) is 25.8. The third kappa shape index (κ3) is 4.22. The fourth-order valence-electron chi connectivity index (χ4n) is 7.24. The van der Waals surface area contributed by atoms with E-state index < -0.39 is 0 Å². The highest BCUT2D eigenvalue weighted by molar-refractivity contribution is 6.11. The summed E-state index contributed by atoms with van der Waals surface area (Å²) >= 11 is 0. The van der Waals surface area contributed by atoms with Crippen molar-refractivity contribution in [2.45, 2.75) is 0 Å². The number of rotatable bonds is 4. The molecule has 9 rings (SSSR count). The van der Waals surface area contributed by atoms with E-state index >= 15 is 0 Å². The molecule has 222 valence electrons. The second-order valence-corrected chi connectivity index (χ2v) is 12.0. The fraction of sp³-hybridized carbons (Fsp3) is 0. The maximum atomic E-state index is 9.86.